The Bertz CT molecular complexity index is 412. The van der Waals surface area contributed by atoms with E-state index in [9.17, 15) is 4.79 Å². The molecule has 3 N–H and O–H groups in total. The molecule has 0 aliphatic carbocycles. The third-order valence-electron chi connectivity index (χ3n) is 2.33. The highest BCUT2D eigenvalue weighted by atomic mass is 16.5. The maximum atomic E-state index is 10.4. The Balaban J connectivity index is 2.38. The van der Waals surface area contributed by atoms with Crippen molar-refractivity contribution in [2.45, 2.75) is 6.54 Å². The van der Waals surface area contributed by atoms with E-state index in [1.54, 1.807) is 26.5 Å². The summed E-state index contributed by atoms with van der Waals surface area (Å²) in [4.78, 5) is 14.7. The van der Waals surface area contributed by atoms with E-state index in [1.165, 1.54) is 0 Å². The minimum Gasteiger partial charge on any atom is -0.493 e. The molecule has 0 aliphatic heterocycles. The summed E-state index contributed by atoms with van der Waals surface area (Å²) in [7, 11) is 3.14. The molecule has 0 radical (unpaired) electrons. The molecule has 1 heterocycles. The number of rotatable bonds is 9. The van der Waals surface area contributed by atoms with Crippen molar-refractivity contribution in [2.75, 3.05) is 34.0 Å². The Morgan fingerprint density at radius 2 is 2.21 bits per heavy atom. The molecular weight excluding hydrogens is 250 g/mol. The molecule has 0 saturated heterocycles. The quantitative estimate of drug-likeness (QED) is 0.597. The van der Waals surface area contributed by atoms with Crippen LogP contribution in [0.4, 0.5) is 0 Å². The van der Waals surface area contributed by atoms with E-state index in [-0.39, 0.29) is 6.61 Å². The summed E-state index contributed by atoms with van der Waals surface area (Å²) in [5.74, 6) is 0.769. The van der Waals surface area contributed by atoms with E-state index in [1.807, 2.05) is 0 Å². The fourth-order valence-corrected chi connectivity index (χ4v) is 1.50. The first-order valence-corrected chi connectivity index (χ1v) is 5.81. The van der Waals surface area contributed by atoms with Gasteiger partial charge in [0.15, 0.2) is 11.5 Å². The van der Waals surface area contributed by atoms with Crippen LogP contribution in [0.2, 0.25) is 0 Å². The first-order chi connectivity index (χ1) is 9.19. The van der Waals surface area contributed by atoms with Crippen molar-refractivity contribution in [3.8, 4) is 11.5 Å². The molecule has 1 aromatic rings. The Morgan fingerprint density at radius 1 is 1.42 bits per heavy atom. The largest absolute Gasteiger partial charge is 0.493 e. The zero-order valence-electron chi connectivity index (χ0n) is 11.1. The minimum absolute atomic E-state index is 0.0671. The Kier molecular flexibility index (Phi) is 6.62. The maximum Gasteiger partial charge on any atom is 0.243 e. The fourth-order valence-electron chi connectivity index (χ4n) is 1.50. The number of hydrogen-bond acceptors (Lipinski definition) is 6. The van der Waals surface area contributed by atoms with Crippen LogP contribution in [0.1, 0.15) is 5.69 Å². The number of pyridine rings is 1. The maximum absolute atomic E-state index is 10.4. The van der Waals surface area contributed by atoms with Crippen LogP contribution in [0.3, 0.4) is 0 Å². The van der Waals surface area contributed by atoms with Gasteiger partial charge in [-0.25, -0.2) is 0 Å². The molecule has 19 heavy (non-hydrogen) atoms. The lowest BCUT2D eigenvalue weighted by Gasteiger charge is -2.12. The van der Waals surface area contributed by atoms with Crippen molar-refractivity contribution in [1.29, 1.82) is 0 Å². The van der Waals surface area contributed by atoms with Crippen LogP contribution in [0, 0.1) is 0 Å². The van der Waals surface area contributed by atoms with Crippen LogP contribution in [-0.4, -0.2) is 44.9 Å². The van der Waals surface area contributed by atoms with Gasteiger partial charge in [0.1, 0.15) is 6.61 Å². The second-order valence-corrected chi connectivity index (χ2v) is 3.69. The lowest BCUT2D eigenvalue weighted by molar-refractivity contribution is -0.122. The van der Waals surface area contributed by atoms with Crippen molar-refractivity contribution in [3.05, 3.63) is 18.0 Å². The standard InChI is InChI=1S/C12H19N3O4/c1-17-10-3-4-15-9(12(10)18-2)7-14-5-6-19-8-11(13)16/h3-4,14H,5-8H2,1-2H3,(H2,13,16). The Labute approximate surface area is 112 Å². The van der Waals surface area contributed by atoms with Gasteiger partial charge < -0.3 is 25.3 Å². The van der Waals surface area contributed by atoms with Gasteiger partial charge in [-0.3, -0.25) is 9.78 Å². The number of carbonyl (C=O) groups is 1. The highest BCUT2D eigenvalue weighted by Gasteiger charge is 2.10. The van der Waals surface area contributed by atoms with Gasteiger partial charge >= 0.3 is 0 Å². The zero-order valence-corrected chi connectivity index (χ0v) is 11.1. The highest BCUT2D eigenvalue weighted by molar-refractivity contribution is 5.74. The summed E-state index contributed by atoms with van der Waals surface area (Å²) in [5, 5.41) is 3.13. The van der Waals surface area contributed by atoms with Gasteiger partial charge in [-0.1, -0.05) is 0 Å². The lowest BCUT2D eigenvalue weighted by atomic mass is 10.3. The van der Waals surface area contributed by atoms with Gasteiger partial charge in [0, 0.05) is 25.4 Å². The van der Waals surface area contributed by atoms with E-state index in [0.717, 1.165) is 5.69 Å². The van der Waals surface area contributed by atoms with E-state index in [2.05, 4.69) is 10.3 Å². The SMILES string of the molecule is COc1ccnc(CNCCOCC(N)=O)c1OC. The summed E-state index contributed by atoms with van der Waals surface area (Å²) in [6.45, 7) is 1.42. The summed E-state index contributed by atoms with van der Waals surface area (Å²) in [6, 6.07) is 1.73. The van der Waals surface area contributed by atoms with Gasteiger partial charge in [0.25, 0.3) is 0 Å². The van der Waals surface area contributed by atoms with Crippen molar-refractivity contribution in [1.82, 2.24) is 10.3 Å². The predicted octanol–water partition coefficient (Wildman–Crippen LogP) is -0.310. The van der Waals surface area contributed by atoms with E-state index >= 15 is 0 Å². The number of nitrogens with one attached hydrogen (secondary N) is 1. The number of primary amides is 1. The zero-order chi connectivity index (χ0) is 14.1. The molecule has 0 fully saturated rings. The van der Waals surface area contributed by atoms with E-state index in [4.69, 9.17) is 19.9 Å². The molecule has 0 atom stereocenters. The number of methoxy groups -OCH3 is 2. The average molecular weight is 269 g/mol. The van der Waals surface area contributed by atoms with E-state index < -0.39 is 5.91 Å². The Hall–Kier alpha value is -1.86. The molecule has 0 aliphatic rings. The van der Waals surface area contributed by atoms with Gasteiger partial charge in [-0.2, -0.15) is 0 Å². The molecule has 7 nitrogen and oxygen atoms in total. The molecule has 1 rings (SSSR count). The molecule has 0 aromatic carbocycles. The van der Waals surface area contributed by atoms with Crippen molar-refractivity contribution < 1.29 is 19.0 Å². The van der Waals surface area contributed by atoms with Crippen LogP contribution in [0.5, 0.6) is 11.5 Å². The Morgan fingerprint density at radius 3 is 2.84 bits per heavy atom. The summed E-state index contributed by atoms with van der Waals surface area (Å²) in [6.07, 6.45) is 1.65. The van der Waals surface area contributed by atoms with Gasteiger partial charge in [0.2, 0.25) is 5.91 Å². The van der Waals surface area contributed by atoms with Gasteiger partial charge in [-0.15, -0.1) is 0 Å². The molecular formula is C12H19N3O4. The molecule has 0 saturated carbocycles. The molecule has 7 heteroatoms. The normalized spacial score (nSPS) is 10.2. The number of ether oxygens (including phenoxy) is 3. The number of aromatic nitrogens is 1. The number of amides is 1. The first-order valence-electron chi connectivity index (χ1n) is 5.81. The highest BCUT2D eigenvalue weighted by Crippen LogP contribution is 2.28. The average Bonchev–Trinajstić information content (AvgIpc) is 2.41. The molecule has 0 bridgehead atoms. The monoisotopic (exact) mass is 269 g/mol. The summed E-state index contributed by atoms with van der Waals surface area (Å²) in [5.41, 5.74) is 5.69. The lowest BCUT2D eigenvalue weighted by Crippen LogP contribution is -2.24. The predicted molar refractivity (Wildman–Crippen MR) is 69.1 cm³/mol. The number of nitrogens with zero attached hydrogens (tertiary/aromatic N) is 1. The molecule has 106 valence electrons. The van der Waals surface area contributed by atoms with Crippen LogP contribution in [0.25, 0.3) is 0 Å². The number of carbonyl (C=O) groups excluding carboxylic acids is 1. The minimum atomic E-state index is -0.476. The first kappa shape index (κ1) is 15.2. The third kappa shape index (κ3) is 5.11. The molecule has 0 spiro atoms. The number of hydrogen-bond donors (Lipinski definition) is 2. The second-order valence-electron chi connectivity index (χ2n) is 3.69. The van der Waals surface area contributed by atoms with Crippen LogP contribution >= 0.6 is 0 Å². The second kappa shape index (κ2) is 8.28. The number of nitrogens with two attached hydrogens (primary N) is 1. The smallest absolute Gasteiger partial charge is 0.243 e. The summed E-state index contributed by atoms with van der Waals surface area (Å²) >= 11 is 0. The third-order valence-corrected chi connectivity index (χ3v) is 2.33. The van der Waals surface area contributed by atoms with Crippen LogP contribution < -0.4 is 20.5 Å². The van der Waals surface area contributed by atoms with Gasteiger partial charge in [0.05, 0.1) is 26.5 Å². The van der Waals surface area contributed by atoms with Gasteiger partial charge in [-0.05, 0) is 0 Å². The van der Waals surface area contributed by atoms with Crippen molar-refractivity contribution >= 4 is 5.91 Å². The summed E-state index contributed by atoms with van der Waals surface area (Å²) < 4.78 is 15.5. The molecule has 1 amide bonds. The van der Waals surface area contributed by atoms with Crippen LogP contribution in [0.15, 0.2) is 12.3 Å². The van der Waals surface area contributed by atoms with Crippen LogP contribution in [-0.2, 0) is 16.1 Å². The van der Waals surface area contributed by atoms with Crippen molar-refractivity contribution in [3.63, 3.8) is 0 Å². The van der Waals surface area contributed by atoms with E-state index in [0.29, 0.717) is 31.2 Å². The molecule has 0 unspecified atom stereocenters. The van der Waals surface area contributed by atoms with Crippen molar-refractivity contribution in [2.24, 2.45) is 5.73 Å². The topological polar surface area (TPSA) is 95.7 Å². The fraction of sp³-hybridized carbons (Fsp3) is 0.500. The molecule has 1 aromatic heterocycles.